The molecule has 1 N–H and O–H groups in total. The molecule has 1 aromatic rings. The van der Waals surface area contributed by atoms with Crippen LogP contribution in [0.2, 0.25) is 0 Å². The molecule has 0 aliphatic heterocycles. The Morgan fingerprint density at radius 1 is 1.21 bits per heavy atom. The molecule has 3 unspecified atom stereocenters. The topological polar surface area (TPSA) is 32.7 Å². The van der Waals surface area contributed by atoms with E-state index in [-0.39, 0.29) is 0 Å². The quantitative estimate of drug-likeness (QED) is 0.635. The Morgan fingerprint density at radius 3 is 2.83 bits per heavy atom. The lowest BCUT2D eigenvalue weighted by molar-refractivity contribution is -0.0573. The van der Waals surface area contributed by atoms with Crippen LogP contribution in [0.5, 0.6) is 5.75 Å². The largest absolute Gasteiger partial charge is 0.508 e. The second-order valence-electron chi connectivity index (χ2n) is 8.35. The monoisotopic (exact) mass is 327 g/mol. The minimum Gasteiger partial charge on any atom is -0.508 e. The van der Waals surface area contributed by atoms with Gasteiger partial charge in [0.2, 0.25) is 0 Å². The van der Waals surface area contributed by atoms with Crippen LogP contribution >= 0.6 is 0 Å². The number of aromatic hydroxyl groups is 1. The standard InChI is InChI=1S/C21H29NO2/c1-21-11-10-18-17-8-6-16(23)12-14(17)4-7-19(18)20(21)9-5-15(21)13-24-22(2)3/h6,8,12-13,18-20,23H,4-5,7,9-11H2,1-3H3/b15-13+/t18?,19?,20?,21-/m1/s1. The van der Waals surface area contributed by atoms with Gasteiger partial charge in [-0.25, -0.2) is 0 Å². The van der Waals surface area contributed by atoms with E-state index in [1.54, 1.807) is 5.06 Å². The maximum absolute atomic E-state index is 9.79. The molecular formula is C21H29NO2. The fraction of sp³-hybridized carbons (Fsp3) is 0.619. The van der Waals surface area contributed by atoms with Crippen LogP contribution in [0.15, 0.2) is 30.0 Å². The van der Waals surface area contributed by atoms with E-state index < -0.39 is 0 Å². The molecule has 0 heterocycles. The summed E-state index contributed by atoms with van der Waals surface area (Å²) in [6.45, 7) is 2.47. The molecule has 3 nitrogen and oxygen atoms in total. The highest BCUT2D eigenvalue weighted by Crippen LogP contribution is 2.62. The molecule has 0 aromatic heterocycles. The van der Waals surface area contributed by atoms with Crippen LogP contribution in [0.3, 0.4) is 0 Å². The Bertz CT molecular complexity index is 666. The zero-order chi connectivity index (χ0) is 16.9. The van der Waals surface area contributed by atoms with E-state index in [9.17, 15) is 5.11 Å². The molecule has 0 saturated heterocycles. The van der Waals surface area contributed by atoms with Crippen LogP contribution in [0, 0.1) is 17.3 Å². The van der Waals surface area contributed by atoms with Crippen molar-refractivity contribution in [3.8, 4) is 5.75 Å². The fourth-order valence-corrected chi connectivity index (χ4v) is 5.78. The maximum Gasteiger partial charge on any atom is 0.115 e. The predicted molar refractivity (Wildman–Crippen MR) is 95.6 cm³/mol. The van der Waals surface area contributed by atoms with Gasteiger partial charge in [0.25, 0.3) is 0 Å². The molecule has 1 aromatic carbocycles. The predicted octanol–water partition coefficient (Wildman–Crippen LogP) is 4.63. The zero-order valence-corrected chi connectivity index (χ0v) is 15.1. The van der Waals surface area contributed by atoms with Crippen molar-refractivity contribution in [3.05, 3.63) is 41.2 Å². The van der Waals surface area contributed by atoms with E-state index in [1.165, 1.54) is 48.8 Å². The minimum absolute atomic E-state index is 0.311. The Balaban J connectivity index is 1.62. The molecule has 3 heteroatoms. The Kier molecular flexibility index (Phi) is 3.87. The minimum atomic E-state index is 0.311. The number of phenols is 1. The smallest absolute Gasteiger partial charge is 0.115 e. The second-order valence-corrected chi connectivity index (χ2v) is 8.35. The van der Waals surface area contributed by atoms with E-state index in [0.717, 1.165) is 18.3 Å². The van der Waals surface area contributed by atoms with Crippen molar-refractivity contribution in [2.75, 3.05) is 14.1 Å². The first-order chi connectivity index (χ1) is 11.5. The highest BCUT2D eigenvalue weighted by molar-refractivity contribution is 5.40. The lowest BCUT2D eigenvalue weighted by atomic mass is 9.55. The molecule has 0 amide bonds. The number of allylic oxidation sites excluding steroid dienone is 1. The van der Waals surface area contributed by atoms with E-state index in [1.807, 2.05) is 32.5 Å². The Labute approximate surface area is 145 Å². The SMILES string of the molecule is CN(C)O/C=C1\CCC2C3CCc4cc(O)ccc4C3CC[C@]12C. The molecule has 3 aliphatic rings. The van der Waals surface area contributed by atoms with E-state index in [0.29, 0.717) is 17.1 Å². The van der Waals surface area contributed by atoms with Crippen molar-refractivity contribution in [3.63, 3.8) is 0 Å². The molecule has 24 heavy (non-hydrogen) atoms. The van der Waals surface area contributed by atoms with Crippen LogP contribution in [-0.4, -0.2) is 24.3 Å². The third-order valence-corrected chi connectivity index (χ3v) is 6.96. The number of hydrogen-bond donors (Lipinski definition) is 1. The molecule has 4 atom stereocenters. The van der Waals surface area contributed by atoms with Crippen molar-refractivity contribution in [1.29, 1.82) is 0 Å². The Morgan fingerprint density at radius 2 is 2.04 bits per heavy atom. The first-order valence-corrected chi connectivity index (χ1v) is 9.34. The van der Waals surface area contributed by atoms with Gasteiger partial charge in [0, 0.05) is 14.1 Å². The third kappa shape index (κ3) is 2.45. The third-order valence-electron chi connectivity index (χ3n) is 6.96. The van der Waals surface area contributed by atoms with E-state index in [4.69, 9.17) is 4.84 Å². The molecule has 130 valence electrons. The summed E-state index contributed by atoms with van der Waals surface area (Å²) < 4.78 is 0. The summed E-state index contributed by atoms with van der Waals surface area (Å²) in [5.74, 6) is 2.66. The summed E-state index contributed by atoms with van der Waals surface area (Å²) in [5.41, 5.74) is 4.71. The van der Waals surface area contributed by atoms with Gasteiger partial charge in [0.15, 0.2) is 0 Å². The van der Waals surface area contributed by atoms with Crippen molar-refractivity contribution >= 4 is 0 Å². The summed E-state index contributed by atoms with van der Waals surface area (Å²) in [7, 11) is 3.88. The summed E-state index contributed by atoms with van der Waals surface area (Å²) >= 11 is 0. The molecule has 0 radical (unpaired) electrons. The number of hydroxylamine groups is 2. The molecule has 0 bridgehead atoms. The van der Waals surface area contributed by atoms with Gasteiger partial charge in [-0.1, -0.05) is 13.0 Å². The molecule has 2 fully saturated rings. The molecule has 0 spiro atoms. The van der Waals surface area contributed by atoms with Crippen LogP contribution < -0.4 is 0 Å². The van der Waals surface area contributed by atoms with Crippen LogP contribution in [0.1, 0.15) is 56.1 Å². The molecule has 4 rings (SSSR count). The summed E-state index contributed by atoms with van der Waals surface area (Å²) in [4.78, 5) is 5.69. The summed E-state index contributed by atoms with van der Waals surface area (Å²) in [6, 6.07) is 6.05. The van der Waals surface area contributed by atoms with E-state index >= 15 is 0 Å². The van der Waals surface area contributed by atoms with Gasteiger partial charge >= 0.3 is 0 Å². The van der Waals surface area contributed by atoms with Crippen LogP contribution in [-0.2, 0) is 11.3 Å². The van der Waals surface area contributed by atoms with Gasteiger partial charge in [-0.3, -0.25) is 0 Å². The number of hydrogen-bond acceptors (Lipinski definition) is 3. The van der Waals surface area contributed by atoms with Gasteiger partial charge in [0.1, 0.15) is 12.0 Å². The van der Waals surface area contributed by atoms with Gasteiger partial charge < -0.3 is 9.94 Å². The highest BCUT2D eigenvalue weighted by atomic mass is 16.7. The number of aryl methyl sites for hydroxylation is 1. The summed E-state index contributed by atoms with van der Waals surface area (Å²) in [6.07, 6.45) is 9.40. The van der Waals surface area contributed by atoms with Crippen LogP contribution in [0.4, 0.5) is 0 Å². The van der Waals surface area contributed by atoms with Gasteiger partial charge in [-0.15, -0.1) is 0 Å². The van der Waals surface area contributed by atoms with Gasteiger partial charge in [-0.05, 0) is 90.5 Å². The number of rotatable bonds is 2. The maximum atomic E-state index is 9.79. The van der Waals surface area contributed by atoms with Crippen molar-refractivity contribution in [1.82, 2.24) is 5.06 Å². The second kappa shape index (κ2) is 5.80. The fourth-order valence-electron chi connectivity index (χ4n) is 5.78. The zero-order valence-electron chi connectivity index (χ0n) is 15.1. The van der Waals surface area contributed by atoms with E-state index in [2.05, 4.69) is 13.0 Å². The van der Waals surface area contributed by atoms with Crippen LogP contribution in [0.25, 0.3) is 0 Å². The lowest BCUT2D eigenvalue weighted by Crippen LogP contribution is -2.40. The molecule has 3 aliphatic carbocycles. The number of benzene rings is 1. The van der Waals surface area contributed by atoms with Crippen molar-refractivity contribution < 1.29 is 9.94 Å². The average Bonchev–Trinajstić information content (AvgIpc) is 2.89. The molecule has 2 saturated carbocycles. The average molecular weight is 327 g/mol. The number of nitrogens with zero attached hydrogens (tertiary/aromatic N) is 1. The first kappa shape index (κ1) is 16.0. The van der Waals surface area contributed by atoms with Crippen molar-refractivity contribution in [2.24, 2.45) is 17.3 Å². The summed E-state index contributed by atoms with van der Waals surface area (Å²) in [5, 5.41) is 11.6. The normalized spacial score (nSPS) is 36.3. The van der Waals surface area contributed by atoms with Gasteiger partial charge in [-0.2, -0.15) is 5.06 Å². The Hall–Kier alpha value is -1.48. The first-order valence-electron chi connectivity index (χ1n) is 9.34. The lowest BCUT2D eigenvalue weighted by Gasteiger charge is -2.49. The van der Waals surface area contributed by atoms with Crippen molar-refractivity contribution in [2.45, 2.75) is 51.4 Å². The highest BCUT2D eigenvalue weighted by Gasteiger charge is 2.52. The number of phenolic OH excluding ortho intramolecular Hbond substituents is 1. The van der Waals surface area contributed by atoms with Gasteiger partial charge in [0.05, 0.1) is 0 Å². The molecular weight excluding hydrogens is 298 g/mol. The number of fused-ring (bicyclic) bond motifs is 5.